The first-order valence-corrected chi connectivity index (χ1v) is 9.64. The zero-order valence-corrected chi connectivity index (χ0v) is 16.1. The largest absolute Gasteiger partial charge is 0.480 e. The average Bonchev–Trinajstić information content (AvgIpc) is 2.75. The van der Waals surface area contributed by atoms with Crippen molar-refractivity contribution in [2.45, 2.75) is 37.8 Å². The minimum absolute atomic E-state index is 0.204. The third kappa shape index (κ3) is 4.43. The number of amides is 1. The minimum atomic E-state index is -0.271. The number of nitrogens with zero attached hydrogens (tertiary/aromatic N) is 3. The number of pyridine rings is 1. The summed E-state index contributed by atoms with van der Waals surface area (Å²) in [5, 5.41) is 16.7. The lowest BCUT2D eigenvalue weighted by atomic mass is 9.93. The number of hydrogen-bond acceptors (Lipinski definition) is 7. The van der Waals surface area contributed by atoms with Gasteiger partial charge < -0.3 is 20.5 Å². The van der Waals surface area contributed by atoms with Gasteiger partial charge >= 0.3 is 0 Å². The molecule has 0 saturated heterocycles. The topological polar surface area (TPSA) is 109 Å². The predicted octanol–water partition coefficient (Wildman–Crippen LogP) is 3.00. The van der Waals surface area contributed by atoms with E-state index in [1.54, 1.807) is 36.7 Å². The van der Waals surface area contributed by atoms with E-state index in [0.29, 0.717) is 28.6 Å². The molecule has 0 bridgehead atoms. The second kappa shape index (κ2) is 8.40. The smallest absolute Gasteiger partial charge is 0.255 e. The van der Waals surface area contributed by atoms with Gasteiger partial charge in [0.2, 0.25) is 11.8 Å². The minimum Gasteiger partial charge on any atom is -0.480 e. The first-order valence-electron chi connectivity index (χ1n) is 9.64. The summed E-state index contributed by atoms with van der Waals surface area (Å²) in [5.41, 5.74) is 1.67. The number of methoxy groups -OCH3 is 1. The summed E-state index contributed by atoms with van der Waals surface area (Å²) >= 11 is 0. The number of aliphatic hydroxyl groups is 1. The summed E-state index contributed by atoms with van der Waals surface area (Å²) in [6, 6.07) is 9.01. The van der Waals surface area contributed by atoms with E-state index < -0.39 is 0 Å². The molecule has 1 saturated carbocycles. The van der Waals surface area contributed by atoms with Gasteiger partial charge in [-0.05, 0) is 49.9 Å². The van der Waals surface area contributed by atoms with Crippen LogP contribution in [0.15, 0.2) is 42.7 Å². The zero-order chi connectivity index (χ0) is 20.2. The van der Waals surface area contributed by atoms with Gasteiger partial charge in [0.25, 0.3) is 5.91 Å². The molecule has 2 aromatic heterocycles. The molecule has 1 amide bonds. The number of nitrogens with one attached hydrogen (secondary N) is 2. The van der Waals surface area contributed by atoms with E-state index in [1.165, 1.54) is 7.11 Å². The van der Waals surface area contributed by atoms with Crippen molar-refractivity contribution in [1.82, 2.24) is 15.0 Å². The fraction of sp³-hybridized carbons (Fsp3) is 0.333. The quantitative estimate of drug-likeness (QED) is 0.611. The molecule has 0 atom stereocenters. The lowest BCUT2D eigenvalue weighted by Crippen LogP contribution is -2.28. The second-order valence-electron chi connectivity index (χ2n) is 7.13. The van der Waals surface area contributed by atoms with Crippen LogP contribution in [0.5, 0.6) is 5.88 Å². The van der Waals surface area contributed by atoms with Crippen LogP contribution < -0.4 is 15.4 Å². The van der Waals surface area contributed by atoms with E-state index in [0.717, 1.165) is 31.1 Å². The highest BCUT2D eigenvalue weighted by Gasteiger charge is 2.20. The summed E-state index contributed by atoms with van der Waals surface area (Å²) in [4.78, 5) is 25.7. The maximum Gasteiger partial charge on any atom is 0.255 e. The van der Waals surface area contributed by atoms with Gasteiger partial charge in [-0.2, -0.15) is 0 Å². The molecular formula is C21H23N5O3. The molecule has 29 heavy (non-hydrogen) atoms. The Bertz CT molecular complexity index is 1020. The molecule has 0 unspecified atom stereocenters. The number of aliphatic hydroxyl groups excluding tert-OH is 1. The summed E-state index contributed by atoms with van der Waals surface area (Å²) in [6.07, 6.45) is 6.48. The van der Waals surface area contributed by atoms with Crippen molar-refractivity contribution < 1.29 is 14.6 Å². The Balaban J connectivity index is 1.52. The van der Waals surface area contributed by atoms with E-state index in [4.69, 9.17) is 4.74 Å². The number of aromatic nitrogens is 3. The number of carbonyl (C=O) groups is 1. The van der Waals surface area contributed by atoms with Gasteiger partial charge in [-0.15, -0.1) is 0 Å². The molecule has 1 aliphatic carbocycles. The van der Waals surface area contributed by atoms with Gasteiger partial charge in [-0.3, -0.25) is 4.79 Å². The molecule has 0 spiro atoms. The average molecular weight is 393 g/mol. The van der Waals surface area contributed by atoms with Gasteiger partial charge in [-0.1, -0.05) is 6.07 Å². The normalized spacial score (nSPS) is 19.0. The van der Waals surface area contributed by atoms with Crippen molar-refractivity contribution in [2.75, 3.05) is 17.7 Å². The van der Waals surface area contributed by atoms with Crippen LogP contribution in [0.2, 0.25) is 0 Å². The SMILES string of the molecule is COc1ncccc1NC(=O)c1ccc2cnc(N[C@H]3CC[C@H](O)CC3)nc2c1. The molecule has 1 aliphatic rings. The molecule has 0 radical (unpaired) electrons. The number of anilines is 2. The van der Waals surface area contributed by atoms with E-state index in [9.17, 15) is 9.90 Å². The molecule has 3 N–H and O–H groups in total. The molecule has 8 nitrogen and oxygen atoms in total. The van der Waals surface area contributed by atoms with Crippen LogP contribution >= 0.6 is 0 Å². The summed E-state index contributed by atoms with van der Waals surface area (Å²) < 4.78 is 5.18. The van der Waals surface area contributed by atoms with Gasteiger partial charge in [0.1, 0.15) is 5.69 Å². The van der Waals surface area contributed by atoms with Crippen LogP contribution in [-0.4, -0.2) is 45.2 Å². The molecule has 4 rings (SSSR count). The van der Waals surface area contributed by atoms with E-state index in [-0.39, 0.29) is 18.1 Å². The Morgan fingerprint density at radius 3 is 2.79 bits per heavy atom. The molecular weight excluding hydrogens is 370 g/mol. The third-order valence-electron chi connectivity index (χ3n) is 5.09. The highest BCUT2D eigenvalue weighted by Crippen LogP contribution is 2.23. The Morgan fingerprint density at radius 2 is 2.00 bits per heavy atom. The fourth-order valence-electron chi connectivity index (χ4n) is 3.48. The molecule has 3 aromatic rings. The lowest BCUT2D eigenvalue weighted by Gasteiger charge is -2.26. The van der Waals surface area contributed by atoms with Crippen molar-refractivity contribution in [1.29, 1.82) is 0 Å². The van der Waals surface area contributed by atoms with Crippen molar-refractivity contribution >= 4 is 28.4 Å². The number of benzene rings is 1. The Morgan fingerprint density at radius 1 is 1.17 bits per heavy atom. The summed E-state index contributed by atoms with van der Waals surface area (Å²) in [6.45, 7) is 0. The van der Waals surface area contributed by atoms with Gasteiger partial charge in [0.15, 0.2) is 0 Å². The zero-order valence-electron chi connectivity index (χ0n) is 16.1. The summed E-state index contributed by atoms with van der Waals surface area (Å²) in [5.74, 6) is 0.617. The van der Waals surface area contributed by atoms with Crippen LogP contribution in [0.4, 0.5) is 11.6 Å². The highest BCUT2D eigenvalue weighted by atomic mass is 16.5. The Hall–Kier alpha value is -3.26. The number of rotatable bonds is 5. The van der Waals surface area contributed by atoms with Crippen LogP contribution in [0.1, 0.15) is 36.0 Å². The monoisotopic (exact) mass is 393 g/mol. The molecule has 0 aliphatic heterocycles. The van der Waals surface area contributed by atoms with Gasteiger partial charge in [0, 0.05) is 29.4 Å². The fourth-order valence-corrected chi connectivity index (χ4v) is 3.48. The third-order valence-corrected chi connectivity index (χ3v) is 5.09. The lowest BCUT2D eigenvalue weighted by molar-refractivity contribution is 0.102. The molecule has 2 heterocycles. The van der Waals surface area contributed by atoms with Crippen LogP contribution in [-0.2, 0) is 0 Å². The van der Waals surface area contributed by atoms with Crippen LogP contribution in [0.25, 0.3) is 10.9 Å². The van der Waals surface area contributed by atoms with Crippen LogP contribution in [0, 0.1) is 0 Å². The summed E-state index contributed by atoms with van der Waals surface area (Å²) in [7, 11) is 1.51. The molecule has 1 fully saturated rings. The standard InChI is InChI=1S/C21H23N5O3/c1-29-20-17(3-2-10-22-20)25-19(28)13-4-5-14-12-23-21(26-18(14)11-13)24-15-6-8-16(27)9-7-15/h2-5,10-12,15-16,27H,6-9H2,1H3,(H,25,28)(H,23,24,26)/t15-,16-. The first kappa shape index (κ1) is 19.1. The van der Waals surface area contributed by atoms with Gasteiger partial charge in [0.05, 0.1) is 18.7 Å². The van der Waals surface area contributed by atoms with Crippen molar-refractivity contribution in [3.63, 3.8) is 0 Å². The van der Waals surface area contributed by atoms with Crippen molar-refractivity contribution in [3.8, 4) is 5.88 Å². The maximum absolute atomic E-state index is 12.7. The number of hydrogen-bond donors (Lipinski definition) is 3. The van der Waals surface area contributed by atoms with E-state index in [2.05, 4.69) is 25.6 Å². The molecule has 150 valence electrons. The Kier molecular flexibility index (Phi) is 5.53. The molecule has 1 aromatic carbocycles. The number of ether oxygens (including phenoxy) is 1. The predicted molar refractivity (Wildman–Crippen MR) is 110 cm³/mol. The van der Waals surface area contributed by atoms with E-state index >= 15 is 0 Å². The second-order valence-corrected chi connectivity index (χ2v) is 7.13. The van der Waals surface area contributed by atoms with Crippen LogP contribution in [0.3, 0.4) is 0 Å². The van der Waals surface area contributed by atoms with E-state index in [1.807, 2.05) is 6.07 Å². The van der Waals surface area contributed by atoms with Crippen molar-refractivity contribution in [2.24, 2.45) is 0 Å². The Labute approximate surface area is 168 Å². The highest BCUT2D eigenvalue weighted by molar-refractivity contribution is 6.06. The maximum atomic E-state index is 12.7. The molecule has 8 heteroatoms. The number of carbonyl (C=O) groups excluding carboxylic acids is 1. The van der Waals surface area contributed by atoms with Gasteiger partial charge in [-0.25, -0.2) is 15.0 Å². The van der Waals surface area contributed by atoms with Crippen molar-refractivity contribution in [3.05, 3.63) is 48.3 Å². The first-order chi connectivity index (χ1) is 14.1. The number of fused-ring (bicyclic) bond motifs is 1.